The van der Waals surface area contributed by atoms with E-state index >= 15 is 0 Å². The fourth-order valence-corrected chi connectivity index (χ4v) is 5.04. The van der Waals surface area contributed by atoms with E-state index in [1.165, 1.54) is 11.8 Å². The van der Waals surface area contributed by atoms with Crippen molar-refractivity contribution in [3.63, 3.8) is 0 Å². The molecule has 3 aromatic rings. The minimum Gasteiger partial charge on any atom is -0.446 e. The van der Waals surface area contributed by atoms with Crippen LogP contribution in [0.3, 0.4) is 0 Å². The molecule has 2 aromatic carbocycles. The Morgan fingerprint density at radius 2 is 1.65 bits per heavy atom. The Morgan fingerprint density at radius 3 is 2.16 bits per heavy atom. The lowest BCUT2D eigenvalue weighted by atomic mass is 9.94. The molecule has 1 aromatic heterocycles. The number of halogens is 9. The SMILES string of the molecule is Cc1c(C(F)(F)F)ccc2c1N(C(=O)OC(C)C)CCCC2N(Cc1cc(C(F)(F)F)cc(C(F)(F)F)c1)c1nn[nH]n1. The second-order valence-corrected chi connectivity index (χ2v) is 10.2. The summed E-state index contributed by atoms with van der Waals surface area (Å²) in [5.41, 5.74) is -4.86. The van der Waals surface area contributed by atoms with Gasteiger partial charge in [-0.25, -0.2) is 4.79 Å². The van der Waals surface area contributed by atoms with Crippen LogP contribution in [0.1, 0.15) is 66.1 Å². The van der Waals surface area contributed by atoms with Crippen LogP contribution in [0.25, 0.3) is 0 Å². The Labute approximate surface area is 238 Å². The molecule has 0 spiro atoms. The fourth-order valence-electron chi connectivity index (χ4n) is 5.04. The number of ether oxygens (including phenoxy) is 1. The Kier molecular flexibility index (Phi) is 8.57. The number of anilines is 2. The highest BCUT2D eigenvalue weighted by Gasteiger charge is 2.40. The van der Waals surface area contributed by atoms with Crippen molar-refractivity contribution in [2.45, 2.75) is 70.8 Å². The predicted molar refractivity (Wildman–Crippen MR) is 134 cm³/mol. The van der Waals surface area contributed by atoms with Gasteiger partial charge >= 0.3 is 24.6 Å². The van der Waals surface area contributed by atoms with Crippen LogP contribution < -0.4 is 9.80 Å². The number of fused-ring (bicyclic) bond motifs is 1. The molecule has 8 nitrogen and oxygen atoms in total. The van der Waals surface area contributed by atoms with Crippen molar-refractivity contribution in [2.75, 3.05) is 16.3 Å². The summed E-state index contributed by atoms with van der Waals surface area (Å²) < 4.78 is 129. The molecule has 0 fully saturated rings. The maximum Gasteiger partial charge on any atom is 0.416 e. The zero-order chi connectivity index (χ0) is 31.9. The first-order valence-electron chi connectivity index (χ1n) is 12.8. The van der Waals surface area contributed by atoms with Crippen molar-refractivity contribution < 1.29 is 49.0 Å². The van der Waals surface area contributed by atoms with Gasteiger partial charge in [-0.2, -0.15) is 44.7 Å². The average molecular weight is 625 g/mol. The number of rotatable bonds is 5. The topological polar surface area (TPSA) is 87.2 Å². The summed E-state index contributed by atoms with van der Waals surface area (Å²) >= 11 is 0. The summed E-state index contributed by atoms with van der Waals surface area (Å²) in [7, 11) is 0. The van der Waals surface area contributed by atoms with Crippen LogP contribution in [-0.2, 0) is 29.8 Å². The summed E-state index contributed by atoms with van der Waals surface area (Å²) in [6, 6.07) is 2.00. The van der Waals surface area contributed by atoms with E-state index in [1.807, 2.05) is 0 Å². The molecule has 2 heterocycles. The summed E-state index contributed by atoms with van der Waals surface area (Å²) in [5, 5.41) is 13.3. The van der Waals surface area contributed by atoms with Gasteiger partial charge in [0.1, 0.15) is 0 Å². The maximum absolute atomic E-state index is 13.9. The summed E-state index contributed by atoms with van der Waals surface area (Å²) in [5.74, 6) is -0.238. The van der Waals surface area contributed by atoms with Crippen LogP contribution >= 0.6 is 0 Å². The molecular weight excluding hydrogens is 599 g/mol. The molecule has 1 atom stereocenters. The third-order valence-electron chi connectivity index (χ3n) is 6.78. The first-order valence-corrected chi connectivity index (χ1v) is 12.8. The van der Waals surface area contributed by atoms with Gasteiger partial charge in [0, 0.05) is 13.1 Å². The normalized spacial score (nSPS) is 16.2. The van der Waals surface area contributed by atoms with Gasteiger partial charge in [0.15, 0.2) is 0 Å². The number of benzene rings is 2. The summed E-state index contributed by atoms with van der Waals surface area (Å²) in [6.07, 6.45) is -16.3. The Hall–Kier alpha value is -4.05. The van der Waals surface area contributed by atoms with Gasteiger partial charge in [0.05, 0.1) is 34.5 Å². The van der Waals surface area contributed by atoms with Crippen LogP contribution in [-0.4, -0.2) is 39.4 Å². The summed E-state index contributed by atoms with van der Waals surface area (Å²) in [4.78, 5) is 15.3. The van der Waals surface area contributed by atoms with Gasteiger partial charge in [-0.1, -0.05) is 11.2 Å². The number of amides is 1. The first kappa shape index (κ1) is 31.9. The van der Waals surface area contributed by atoms with E-state index in [2.05, 4.69) is 20.6 Å². The molecule has 1 N–H and O–H groups in total. The number of tetrazole rings is 1. The quantitative estimate of drug-likeness (QED) is 0.297. The lowest BCUT2D eigenvalue weighted by molar-refractivity contribution is -0.143. The maximum atomic E-state index is 13.9. The van der Waals surface area contributed by atoms with Gasteiger partial charge in [-0.3, -0.25) is 4.90 Å². The van der Waals surface area contributed by atoms with Crippen molar-refractivity contribution in [2.24, 2.45) is 0 Å². The molecule has 1 amide bonds. The number of alkyl halides is 9. The zero-order valence-electron chi connectivity index (χ0n) is 22.8. The Morgan fingerprint density at radius 1 is 1.02 bits per heavy atom. The number of hydrogen-bond donors (Lipinski definition) is 1. The molecule has 0 radical (unpaired) electrons. The van der Waals surface area contributed by atoms with Gasteiger partial charge in [-0.15, -0.1) is 5.10 Å². The van der Waals surface area contributed by atoms with Gasteiger partial charge in [0.25, 0.3) is 5.95 Å². The molecule has 17 heteroatoms. The Bertz CT molecular complexity index is 1420. The number of aromatic amines is 1. The zero-order valence-corrected chi connectivity index (χ0v) is 22.8. The van der Waals surface area contributed by atoms with Crippen molar-refractivity contribution in [1.82, 2.24) is 20.6 Å². The molecule has 234 valence electrons. The van der Waals surface area contributed by atoms with Crippen LogP contribution in [0.5, 0.6) is 0 Å². The molecule has 1 unspecified atom stereocenters. The van der Waals surface area contributed by atoms with E-state index in [9.17, 15) is 44.3 Å². The number of H-pyrrole nitrogens is 1. The Balaban J connectivity index is 1.90. The predicted octanol–water partition coefficient (Wildman–Crippen LogP) is 7.46. The standard InChI is InChI=1S/C26H25F9N6O2/c1-13(2)43-23(42)40-8-4-5-20(18-6-7-19(26(33,34)35)14(3)21(18)40)41(22-36-38-39-37-22)12-15-9-16(24(27,28)29)11-17(10-15)25(30,31)32/h6-7,9-11,13,20H,4-5,8,12H2,1-3H3,(H,36,37,38,39). The molecule has 0 aliphatic carbocycles. The third kappa shape index (κ3) is 6.96. The van der Waals surface area contributed by atoms with Crippen LogP contribution in [0.4, 0.5) is 55.9 Å². The molecule has 0 saturated heterocycles. The van der Waals surface area contributed by atoms with Crippen LogP contribution in [0.15, 0.2) is 30.3 Å². The van der Waals surface area contributed by atoms with E-state index in [1.54, 1.807) is 13.8 Å². The largest absolute Gasteiger partial charge is 0.446 e. The van der Waals surface area contributed by atoms with E-state index < -0.39 is 65.6 Å². The minimum atomic E-state index is -5.11. The molecule has 1 aliphatic heterocycles. The molecule has 0 bridgehead atoms. The smallest absolute Gasteiger partial charge is 0.416 e. The monoisotopic (exact) mass is 624 g/mol. The highest BCUT2D eigenvalue weighted by molar-refractivity contribution is 5.91. The molecule has 1 aliphatic rings. The first-order chi connectivity index (χ1) is 19.9. The van der Waals surface area contributed by atoms with Crippen molar-refractivity contribution in [3.05, 3.63) is 63.7 Å². The molecule has 4 rings (SSSR count). The van der Waals surface area contributed by atoms with Crippen LogP contribution in [0, 0.1) is 6.92 Å². The fraction of sp³-hybridized carbons (Fsp3) is 0.462. The number of carbonyl (C=O) groups excluding carboxylic acids is 1. The summed E-state index contributed by atoms with van der Waals surface area (Å²) in [6.45, 7) is 3.58. The van der Waals surface area contributed by atoms with Gasteiger partial charge in [-0.05, 0) is 79.8 Å². The van der Waals surface area contributed by atoms with E-state index in [0.29, 0.717) is 12.1 Å². The second kappa shape index (κ2) is 11.6. The number of nitrogens with one attached hydrogen (secondary N) is 1. The van der Waals surface area contributed by atoms with Crippen molar-refractivity contribution in [1.29, 1.82) is 0 Å². The van der Waals surface area contributed by atoms with Crippen molar-refractivity contribution >= 4 is 17.7 Å². The number of carbonyl (C=O) groups is 1. The molecular formula is C26H25F9N6O2. The minimum absolute atomic E-state index is 0.0105. The van der Waals surface area contributed by atoms with E-state index in [-0.39, 0.29) is 48.2 Å². The van der Waals surface area contributed by atoms with E-state index in [0.717, 1.165) is 17.0 Å². The third-order valence-corrected chi connectivity index (χ3v) is 6.78. The van der Waals surface area contributed by atoms with Crippen LogP contribution in [0.2, 0.25) is 0 Å². The number of nitrogens with zero attached hydrogens (tertiary/aromatic N) is 5. The second-order valence-electron chi connectivity index (χ2n) is 10.2. The van der Waals surface area contributed by atoms with Gasteiger partial charge < -0.3 is 9.64 Å². The molecule has 43 heavy (non-hydrogen) atoms. The van der Waals surface area contributed by atoms with Crippen molar-refractivity contribution in [3.8, 4) is 0 Å². The number of hydrogen-bond acceptors (Lipinski definition) is 6. The van der Waals surface area contributed by atoms with Gasteiger partial charge in [0.2, 0.25) is 0 Å². The number of aromatic nitrogens is 4. The molecule has 0 saturated carbocycles. The average Bonchev–Trinajstić information content (AvgIpc) is 3.33. The lowest BCUT2D eigenvalue weighted by Crippen LogP contribution is -2.35. The highest BCUT2D eigenvalue weighted by atomic mass is 19.4. The highest BCUT2D eigenvalue weighted by Crippen LogP contribution is 2.45. The lowest BCUT2D eigenvalue weighted by Gasteiger charge is -2.33. The van der Waals surface area contributed by atoms with E-state index in [4.69, 9.17) is 4.74 Å².